The Kier molecular flexibility index (Phi) is 4.01. The summed E-state index contributed by atoms with van der Waals surface area (Å²) in [6.07, 6.45) is 1.69. The van der Waals surface area contributed by atoms with E-state index in [9.17, 15) is 0 Å². The molecule has 0 aliphatic carbocycles. The van der Waals surface area contributed by atoms with Gasteiger partial charge in [0.15, 0.2) is 8.32 Å². The molecule has 15 heavy (non-hydrogen) atoms. The Balaban J connectivity index is 2.27. The second-order valence-electron chi connectivity index (χ2n) is 6.37. The van der Waals surface area contributed by atoms with Crippen molar-refractivity contribution in [2.75, 3.05) is 13.2 Å². The zero-order valence-corrected chi connectivity index (χ0v) is 12.1. The highest BCUT2D eigenvalue weighted by molar-refractivity contribution is 6.74. The number of epoxide rings is 1. The van der Waals surface area contributed by atoms with Gasteiger partial charge in [0, 0.05) is 6.61 Å². The maximum Gasteiger partial charge on any atom is 0.191 e. The topological polar surface area (TPSA) is 21.8 Å². The number of rotatable bonds is 5. The third-order valence-electron chi connectivity index (χ3n) is 3.60. The van der Waals surface area contributed by atoms with Gasteiger partial charge in [0.2, 0.25) is 0 Å². The normalized spacial score (nSPS) is 24.0. The lowest BCUT2D eigenvalue weighted by Gasteiger charge is -2.37. The number of hydrogen-bond donors (Lipinski definition) is 0. The minimum absolute atomic E-state index is 0.322. The molecule has 0 aromatic carbocycles. The summed E-state index contributed by atoms with van der Waals surface area (Å²) in [6, 6.07) is 0. The minimum Gasteiger partial charge on any atom is -0.417 e. The predicted molar refractivity (Wildman–Crippen MR) is 66.7 cm³/mol. The second-order valence-corrected chi connectivity index (χ2v) is 11.2. The van der Waals surface area contributed by atoms with Gasteiger partial charge < -0.3 is 9.16 Å². The zero-order chi connectivity index (χ0) is 11.7. The molecule has 0 aromatic heterocycles. The van der Waals surface area contributed by atoms with Crippen molar-refractivity contribution in [2.45, 2.75) is 58.4 Å². The first-order valence-electron chi connectivity index (χ1n) is 5.98. The van der Waals surface area contributed by atoms with Gasteiger partial charge in [-0.15, -0.1) is 0 Å². The summed E-state index contributed by atoms with van der Waals surface area (Å²) in [5.74, 6) is 0.631. The van der Waals surface area contributed by atoms with Gasteiger partial charge in [-0.3, -0.25) is 0 Å². The quantitative estimate of drug-likeness (QED) is 0.533. The Hall–Kier alpha value is 0.137. The van der Waals surface area contributed by atoms with E-state index in [0.29, 0.717) is 17.1 Å². The fraction of sp³-hybridized carbons (Fsp3) is 1.00. The first kappa shape index (κ1) is 13.2. The van der Waals surface area contributed by atoms with Crippen LogP contribution in [0.1, 0.15) is 34.1 Å². The van der Waals surface area contributed by atoms with Crippen molar-refractivity contribution in [1.29, 1.82) is 0 Å². The first-order chi connectivity index (χ1) is 6.72. The number of hydrogen-bond acceptors (Lipinski definition) is 2. The van der Waals surface area contributed by atoms with Crippen LogP contribution in [0.25, 0.3) is 0 Å². The summed E-state index contributed by atoms with van der Waals surface area (Å²) < 4.78 is 11.4. The van der Waals surface area contributed by atoms with E-state index in [1.807, 2.05) is 0 Å². The Morgan fingerprint density at radius 2 is 1.93 bits per heavy atom. The van der Waals surface area contributed by atoms with Crippen LogP contribution in [-0.2, 0) is 9.16 Å². The van der Waals surface area contributed by atoms with Crippen LogP contribution in [0.5, 0.6) is 0 Å². The van der Waals surface area contributed by atoms with Crippen LogP contribution in [-0.4, -0.2) is 27.6 Å². The van der Waals surface area contributed by atoms with Crippen molar-refractivity contribution in [2.24, 2.45) is 5.92 Å². The summed E-state index contributed by atoms with van der Waals surface area (Å²) in [5, 5.41) is 0.322. The van der Waals surface area contributed by atoms with Crippen LogP contribution in [0, 0.1) is 5.92 Å². The van der Waals surface area contributed by atoms with E-state index in [1.54, 1.807) is 0 Å². The van der Waals surface area contributed by atoms with E-state index >= 15 is 0 Å². The minimum atomic E-state index is -1.54. The van der Waals surface area contributed by atoms with Gasteiger partial charge in [-0.2, -0.15) is 0 Å². The zero-order valence-electron chi connectivity index (χ0n) is 11.1. The summed E-state index contributed by atoms with van der Waals surface area (Å²) in [7, 11) is -1.54. The van der Waals surface area contributed by atoms with Crippen molar-refractivity contribution in [3.05, 3.63) is 0 Å². The van der Waals surface area contributed by atoms with Crippen LogP contribution >= 0.6 is 0 Å². The van der Waals surface area contributed by atoms with E-state index in [1.165, 1.54) is 0 Å². The van der Waals surface area contributed by atoms with E-state index in [0.717, 1.165) is 19.6 Å². The van der Waals surface area contributed by atoms with Crippen LogP contribution in [0.2, 0.25) is 18.1 Å². The Bertz CT molecular complexity index is 204. The lowest BCUT2D eigenvalue weighted by Crippen LogP contribution is -2.41. The molecule has 0 saturated carbocycles. The third kappa shape index (κ3) is 4.25. The molecule has 1 rings (SSSR count). The Labute approximate surface area is 95.5 Å². The maximum absolute atomic E-state index is 6.17. The van der Waals surface area contributed by atoms with Crippen molar-refractivity contribution < 1.29 is 9.16 Å². The molecule has 1 saturated heterocycles. The lowest BCUT2D eigenvalue weighted by atomic mass is 10.1. The molecule has 1 fully saturated rings. The summed E-state index contributed by atoms with van der Waals surface area (Å²) >= 11 is 0. The molecular formula is C12H26O2Si. The SMILES string of the molecule is C[C@@H](CO[Si](C)(C)C(C)(C)C)C[C@@H]1CO1. The van der Waals surface area contributed by atoms with Gasteiger partial charge in [-0.1, -0.05) is 27.7 Å². The molecular weight excluding hydrogens is 204 g/mol. The standard InChI is InChI=1S/C12H26O2Si/c1-10(7-11-9-13-11)8-14-15(5,6)12(2,3)4/h10-11H,7-9H2,1-6H3/t10-,11-/m1/s1. The first-order valence-corrected chi connectivity index (χ1v) is 8.89. The molecule has 2 nitrogen and oxygen atoms in total. The molecule has 3 heteroatoms. The summed E-state index contributed by atoms with van der Waals surface area (Å²) in [6.45, 7) is 15.6. The molecule has 0 amide bonds. The Morgan fingerprint density at radius 1 is 1.40 bits per heavy atom. The van der Waals surface area contributed by atoms with Gasteiger partial charge in [-0.25, -0.2) is 0 Å². The summed E-state index contributed by atoms with van der Waals surface area (Å²) in [4.78, 5) is 0. The maximum atomic E-state index is 6.17. The van der Waals surface area contributed by atoms with E-state index in [-0.39, 0.29) is 0 Å². The highest BCUT2D eigenvalue weighted by atomic mass is 28.4. The largest absolute Gasteiger partial charge is 0.417 e. The fourth-order valence-electron chi connectivity index (χ4n) is 1.29. The average Bonchev–Trinajstić information content (AvgIpc) is 2.83. The molecule has 0 aromatic rings. The van der Waals surface area contributed by atoms with Crippen LogP contribution < -0.4 is 0 Å². The molecule has 2 atom stereocenters. The van der Waals surface area contributed by atoms with Crippen molar-refractivity contribution in [3.63, 3.8) is 0 Å². The summed E-state index contributed by atoms with van der Waals surface area (Å²) in [5.41, 5.74) is 0. The molecule has 1 aliphatic heterocycles. The molecule has 1 aliphatic rings. The molecule has 1 heterocycles. The van der Waals surface area contributed by atoms with Crippen molar-refractivity contribution in [3.8, 4) is 0 Å². The number of ether oxygens (including phenoxy) is 1. The molecule has 0 spiro atoms. The highest BCUT2D eigenvalue weighted by Gasteiger charge is 2.37. The van der Waals surface area contributed by atoms with Gasteiger partial charge in [0.1, 0.15) is 0 Å². The third-order valence-corrected chi connectivity index (χ3v) is 8.10. The smallest absolute Gasteiger partial charge is 0.191 e. The van der Waals surface area contributed by atoms with E-state index < -0.39 is 8.32 Å². The van der Waals surface area contributed by atoms with Gasteiger partial charge in [0.25, 0.3) is 0 Å². The Morgan fingerprint density at radius 3 is 2.33 bits per heavy atom. The van der Waals surface area contributed by atoms with Gasteiger partial charge in [-0.05, 0) is 30.5 Å². The van der Waals surface area contributed by atoms with Crippen LogP contribution in [0.15, 0.2) is 0 Å². The van der Waals surface area contributed by atoms with Gasteiger partial charge >= 0.3 is 0 Å². The molecule has 0 unspecified atom stereocenters. The second kappa shape index (κ2) is 4.56. The van der Waals surface area contributed by atoms with Gasteiger partial charge in [0.05, 0.1) is 12.7 Å². The van der Waals surface area contributed by atoms with E-state index in [4.69, 9.17) is 9.16 Å². The molecule has 90 valence electrons. The van der Waals surface area contributed by atoms with Crippen LogP contribution in [0.3, 0.4) is 0 Å². The molecule has 0 radical (unpaired) electrons. The molecule has 0 bridgehead atoms. The van der Waals surface area contributed by atoms with Crippen molar-refractivity contribution >= 4 is 8.32 Å². The predicted octanol–water partition coefficient (Wildman–Crippen LogP) is 3.43. The average molecular weight is 230 g/mol. The molecule has 0 N–H and O–H groups in total. The van der Waals surface area contributed by atoms with Crippen molar-refractivity contribution in [1.82, 2.24) is 0 Å². The van der Waals surface area contributed by atoms with E-state index in [2.05, 4.69) is 40.8 Å². The lowest BCUT2D eigenvalue weighted by molar-refractivity contribution is 0.220. The highest BCUT2D eigenvalue weighted by Crippen LogP contribution is 2.37. The fourth-order valence-corrected chi connectivity index (χ4v) is 2.42. The monoisotopic (exact) mass is 230 g/mol. The van der Waals surface area contributed by atoms with Crippen LogP contribution in [0.4, 0.5) is 0 Å².